The molecular weight excluding hydrogens is 416 g/mol. The average Bonchev–Trinajstić information content (AvgIpc) is 2.87. The van der Waals surface area contributed by atoms with Crippen LogP contribution in [0.2, 0.25) is 0 Å². The van der Waals surface area contributed by atoms with Gasteiger partial charge in [0.1, 0.15) is 5.58 Å². The molecule has 3 heterocycles. The highest BCUT2D eigenvalue weighted by atomic mass is 16.5. The number of piperidine rings is 1. The van der Waals surface area contributed by atoms with Crippen LogP contribution in [0.3, 0.4) is 0 Å². The van der Waals surface area contributed by atoms with Crippen molar-refractivity contribution in [3.63, 3.8) is 0 Å². The quantitative estimate of drug-likeness (QED) is 0.422. The van der Waals surface area contributed by atoms with Crippen LogP contribution in [0.15, 0.2) is 88.3 Å². The van der Waals surface area contributed by atoms with Crippen molar-refractivity contribution in [2.45, 2.75) is 25.6 Å². The highest BCUT2D eigenvalue weighted by molar-refractivity contribution is 5.95. The second-order valence-corrected chi connectivity index (χ2v) is 8.25. The zero-order chi connectivity index (χ0) is 22.6. The molecule has 1 fully saturated rings. The van der Waals surface area contributed by atoms with E-state index in [1.165, 1.54) is 0 Å². The van der Waals surface area contributed by atoms with Crippen molar-refractivity contribution >= 4 is 16.9 Å². The molecule has 1 unspecified atom stereocenters. The summed E-state index contributed by atoms with van der Waals surface area (Å²) < 4.78 is 11.5. The molecule has 5 rings (SSSR count). The van der Waals surface area contributed by atoms with Crippen molar-refractivity contribution in [1.82, 2.24) is 9.88 Å². The Kier molecular flexibility index (Phi) is 6.00. The molecule has 1 aliphatic heterocycles. The van der Waals surface area contributed by atoms with E-state index in [1.54, 1.807) is 36.7 Å². The summed E-state index contributed by atoms with van der Waals surface area (Å²) in [6.45, 7) is 1.71. The fourth-order valence-electron chi connectivity index (χ4n) is 4.22. The summed E-state index contributed by atoms with van der Waals surface area (Å²) in [5.41, 5.74) is 2.81. The fraction of sp³-hybridized carbons (Fsp3) is 0.222. The summed E-state index contributed by atoms with van der Waals surface area (Å²) in [6.07, 6.45) is 5.32. The van der Waals surface area contributed by atoms with Crippen LogP contribution in [0.4, 0.5) is 0 Å². The van der Waals surface area contributed by atoms with Gasteiger partial charge < -0.3 is 14.1 Å². The lowest BCUT2D eigenvalue weighted by Crippen LogP contribution is -2.43. The minimum atomic E-state index is -0.417. The van der Waals surface area contributed by atoms with Gasteiger partial charge in [-0.15, -0.1) is 0 Å². The predicted octanol–water partition coefficient (Wildman–Crippen LogP) is 4.68. The highest BCUT2D eigenvalue weighted by Gasteiger charge is 2.25. The Balaban J connectivity index is 1.33. The molecular formula is C27H24N2O4. The normalized spacial score (nSPS) is 16.1. The van der Waals surface area contributed by atoms with E-state index in [9.17, 15) is 9.59 Å². The SMILES string of the molecule is O=C(c1cccc(-c2cc3ccccc3oc2=O)c1)N1CCCC(OCc2cccnc2)C1. The maximum atomic E-state index is 13.3. The Morgan fingerprint density at radius 3 is 2.88 bits per heavy atom. The van der Waals surface area contributed by atoms with E-state index in [2.05, 4.69) is 4.98 Å². The number of fused-ring (bicyclic) bond motifs is 1. The molecule has 6 heteroatoms. The minimum Gasteiger partial charge on any atom is -0.422 e. The van der Waals surface area contributed by atoms with E-state index >= 15 is 0 Å². The molecule has 0 saturated carbocycles. The van der Waals surface area contributed by atoms with Crippen molar-refractivity contribution in [2.24, 2.45) is 0 Å². The third kappa shape index (κ3) is 4.71. The van der Waals surface area contributed by atoms with E-state index in [4.69, 9.17) is 9.15 Å². The van der Waals surface area contributed by atoms with Gasteiger partial charge in [0.25, 0.3) is 5.91 Å². The minimum absolute atomic E-state index is 0.0152. The predicted molar refractivity (Wildman–Crippen MR) is 126 cm³/mol. The molecule has 33 heavy (non-hydrogen) atoms. The number of para-hydroxylation sites is 1. The van der Waals surface area contributed by atoms with Crippen molar-refractivity contribution in [3.8, 4) is 11.1 Å². The van der Waals surface area contributed by atoms with E-state index in [0.29, 0.717) is 42.0 Å². The first-order chi connectivity index (χ1) is 16.2. The summed E-state index contributed by atoms with van der Waals surface area (Å²) in [7, 11) is 0. The molecule has 4 aromatic rings. The number of nitrogens with zero attached hydrogens (tertiary/aromatic N) is 2. The second-order valence-electron chi connectivity index (χ2n) is 8.25. The van der Waals surface area contributed by atoms with Gasteiger partial charge in [-0.25, -0.2) is 4.79 Å². The number of rotatable bonds is 5. The number of hydrogen-bond donors (Lipinski definition) is 0. The van der Waals surface area contributed by atoms with E-state index in [-0.39, 0.29) is 12.0 Å². The van der Waals surface area contributed by atoms with Crippen LogP contribution in [-0.4, -0.2) is 35.0 Å². The number of hydrogen-bond acceptors (Lipinski definition) is 5. The average molecular weight is 440 g/mol. The topological polar surface area (TPSA) is 72.6 Å². The Hall–Kier alpha value is -3.77. The number of carbonyl (C=O) groups is 1. The van der Waals surface area contributed by atoms with Gasteiger partial charge in [-0.3, -0.25) is 9.78 Å². The van der Waals surface area contributed by atoms with Crippen LogP contribution in [0.25, 0.3) is 22.1 Å². The number of aromatic nitrogens is 1. The number of pyridine rings is 1. The lowest BCUT2D eigenvalue weighted by atomic mass is 10.0. The molecule has 0 radical (unpaired) electrons. The van der Waals surface area contributed by atoms with Gasteiger partial charge >= 0.3 is 5.63 Å². The van der Waals surface area contributed by atoms with Crippen molar-refractivity contribution < 1.29 is 13.9 Å². The van der Waals surface area contributed by atoms with Crippen molar-refractivity contribution in [1.29, 1.82) is 0 Å². The van der Waals surface area contributed by atoms with E-state index in [1.807, 2.05) is 47.4 Å². The summed E-state index contributed by atoms with van der Waals surface area (Å²) >= 11 is 0. The number of amides is 1. The first-order valence-corrected chi connectivity index (χ1v) is 11.1. The molecule has 2 aromatic carbocycles. The van der Waals surface area contributed by atoms with E-state index < -0.39 is 5.63 Å². The zero-order valence-corrected chi connectivity index (χ0v) is 18.1. The molecule has 1 aliphatic rings. The molecule has 0 N–H and O–H groups in total. The van der Waals surface area contributed by atoms with Crippen LogP contribution in [0.1, 0.15) is 28.8 Å². The first kappa shape index (κ1) is 21.1. The fourth-order valence-corrected chi connectivity index (χ4v) is 4.22. The van der Waals surface area contributed by atoms with Gasteiger partial charge in [0.05, 0.1) is 18.3 Å². The maximum Gasteiger partial charge on any atom is 0.344 e. The number of benzene rings is 2. The summed E-state index contributed by atoms with van der Waals surface area (Å²) in [4.78, 5) is 31.8. The maximum absolute atomic E-state index is 13.3. The van der Waals surface area contributed by atoms with Gasteiger partial charge in [-0.05, 0) is 54.3 Å². The van der Waals surface area contributed by atoms with Crippen LogP contribution in [0.5, 0.6) is 0 Å². The molecule has 0 spiro atoms. The zero-order valence-electron chi connectivity index (χ0n) is 18.1. The molecule has 2 aromatic heterocycles. The molecule has 0 aliphatic carbocycles. The largest absolute Gasteiger partial charge is 0.422 e. The van der Waals surface area contributed by atoms with E-state index in [0.717, 1.165) is 23.8 Å². The van der Waals surface area contributed by atoms with Gasteiger partial charge in [-0.1, -0.05) is 36.4 Å². The Labute approximate surface area is 191 Å². The van der Waals surface area contributed by atoms with Crippen LogP contribution >= 0.6 is 0 Å². The Bertz CT molecular complexity index is 1330. The summed E-state index contributed by atoms with van der Waals surface area (Å²) in [6, 6.07) is 20.3. The standard InChI is InChI=1S/C27H24N2O4/c30-26(29-13-5-10-23(17-29)32-18-19-6-4-12-28-16-19)22-9-3-8-20(14-22)24-15-21-7-1-2-11-25(21)33-27(24)31/h1-4,6-9,11-12,14-16,23H,5,10,13,17-18H2. The van der Waals surface area contributed by atoms with Gasteiger partial charge in [-0.2, -0.15) is 0 Å². The lowest BCUT2D eigenvalue weighted by Gasteiger charge is -2.32. The number of carbonyl (C=O) groups excluding carboxylic acids is 1. The molecule has 1 amide bonds. The first-order valence-electron chi connectivity index (χ1n) is 11.1. The third-order valence-corrected chi connectivity index (χ3v) is 5.94. The third-order valence-electron chi connectivity index (χ3n) is 5.94. The van der Waals surface area contributed by atoms with Crippen LogP contribution in [0, 0.1) is 0 Å². The molecule has 6 nitrogen and oxygen atoms in total. The summed E-state index contributed by atoms with van der Waals surface area (Å²) in [5.74, 6) is -0.0586. The Morgan fingerprint density at radius 2 is 2.00 bits per heavy atom. The lowest BCUT2D eigenvalue weighted by molar-refractivity contribution is -0.00681. The molecule has 0 bridgehead atoms. The van der Waals surface area contributed by atoms with Gasteiger partial charge in [0.15, 0.2) is 0 Å². The second kappa shape index (κ2) is 9.38. The van der Waals surface area contributed by atoms with Crippen LogP contribution < -0.4 is 5.63 Å². The van der Waals surface area contributed by atoms with Crippen molar-refractivity contribution in [2.75, 3.05) is 13.1 Å². The van der Waals surface area contributed by atoms with Crippen LogP contribution in [-0.2, 0) is 11.3 Å². The number of ether oxygens (including phenoxy) is 1. The van der Waals surface area contributed by atoms with Crippen molar-refractivity contribution in [3.05, 3.63) is 101 Å². The monoisotopic (exact) mass is 440 g/mol. The summed E-state index contributed by atoms with van der Waals surface area (Å²) in [5, 5.41) is 0.841. The number of likely N-dealkylation sites (tertiary alicyclic amines) is 1. The van der Waals surface area contributed by atoms with Gasteiger partial charge in [0, 0.05) is 36.4 Å². The molecule has 166 valence electrons. The molecule has 1 atom stereocenters. The van der Waals surface area contributed by atoms with Gasteiger partial charge in [0.2, 0.25) is 0 Å². The highest BCUT2D eigenvalue weighted by Crippen LogP contribution is 2.23. The Morgan fingerprint density at radius 1 is 1.09 bits per heavy atom. The smallest absolute Gasteiger partial charge is 0.344 e. The molecule has 1 saturated heterocycles.